The molecule has 0 aliphatic heterocycles. The Morgan fingerprint density at radius 3 is 2.52 bits per heavy atom. The van der Waals surface area contributed by atoms with Gasteiger partial charge in [-0.25, -0.2) is 4.39 Å². The summed E-state index contributed by atoms with van der Waals surface area (Å²) in [6, 6.07) is 5.76. The predicted octanol–water partition coefficient (Wildman–Crippen LogP) is 5.06. The Bertz CT molecular complexity index is 816. The molecule has 4 nitrogen and oxygen atoms in total. The molecule has 0 radical (unpaired) electrons. The Labute approximate surface area is 167 Å². The van der Waals surface area contributed by atoms with Crippen LogP contribution in [0.3, 0.4) is 0 Å². The SMILES string of the molecule is Fc1ccc(NC(=S)NCCCn2nc(C(F)(F)F)c(Br)c2C2CC2)cc1. The van der Waals surface area contributed by atoms with Gasteiger partial charge in [-0.05, 0) is 71.7 Å². The maximum Gasteiger partial charge on any atom is 0.436 e. The zero-order valence-corrected chi connectivity index (χ0v) is 16.5. The van der Waals surface area contributed by atoms with Crippen LogP contribution in [0, 0.1) is 5.82 Å². The fraction of sp³-hybridized carbons (Fsp3) is 0.412. The van der Waals surface area contributed by atoms with E-state index in [0.717, 1.165) is 12.8 Å². The number of alkyl halides is 3. The molecule has 1 aliphatic rings. The predicted molar refractivity (Wildman–Crippen MR) is 102 cm³/mol. The number of aromatic nitrogens is 2. The number of nitrogens with zero attached hydrogens (tertiary/aromatic N) is 2. The van der Waals surface area contributed by atoms with Gasteiger partial charge in [0, 0.05) is 24.7 Å². The van der Waals surface area contributed by atoms with Crippen LogP contribution in [-0.4, -0.2) is 21.4 Å². The van der Waals surface area contributed by atoms with Gasteiger partial charge in [0.25, 0.3) is 0 Å². The quantitative estimate of drug-likeness (QED) is 0.356. The molecule has 1 aromatic carbocycles. The number of hydrogen-bond acceptors (Lipinski definition) is 2. The largest absolute Gasteiger partial charge is 0.436 e. The van der Waals surface area contributed by atoms with Crippen LogP contribution >= 0.6 is 28.1 Å². The van der Waals surface area contributed by atoms with Crippen molar-refractivity contribution in [3.8, 4) is 0 Å². The Morgan fingerprint density at radius 2 is 1.93 bits per heavy atom. The van der Waals surface area contributed by atoms with Crippen LogP contribution < -0.4 is 10.6 Å². The van der Waals surface area contributed by atoms with Gasteiger partial charge in [-0.15, -0.1) is 0 Å². The van der Waals surface area contributed by atoms with Crippen LogP contribution in [-0.2, 0) is 12.7 Å². The van der Waals surface area contributed by atoms with Gasteiger partial charge < -0.3 is 10.6 Å². The summed E-state index contributed by atoms with van der Waals surface area (Å²) in [5.74, 6) is -0.202. The van der Waals surface area contributed by atoms with Gasteiger partial charge >= 0.3 is 6.18 Å². The molecule has 2 aromatic rings. The first-order valence-corrected chi connectivity index (χ1v) is 9.59. The lowest BCUT2D eigenvalue weighted by Crippen LogP contribution is -2.29. The summed E-state index contributed by atoms with van der Waals surface area (Å²) in [4.78, 5) is 0. The van der Waals surface area contributed by atoms with E-state index in [0.29, 0.717) is 36.0 Å². The maximum absolute atomic E-state index is 13.1. The van der Waals surface area contributed by atoms with Crippen molar-refractivity contribution in [1.82, 2.24) is 15.1 Å². The third-order valence-electron chi connectivity index (χ3n) is 4.10. The topological polar surface area (TPSA) is 41.9 Å². The van der Waals surface area contributed by atoms with Crippen molar-refractivity contribution in [2.24, 2.45) is 0 Å². The average molecular weight is 465 g/mol. The molecule has 0 saturated heterocycles. The molecule has 10 heteroatoms. The van der Waals surface area contributed by atoms with Crippen molar-refractivity contribution in [3.63, 3.8) is 0 Å². The first kappa shape index (κ1) is 20.1. The molecule has 27 heavy (non-hydrogen) atoms. The van der Waals surface area contributed by atoms with E-state index >= 15 is 0 Å². The van der Waals surface area contributed by atoms with Crippen molar-refractivity contribution in [2.75, 3.05) is 11.9 Å². The second kappa shape index (κ2) is 8.14. The average Bonchev–Trinajstić information content (AvgIpc) is 3.36. The fourth-order valence-electron chi connectivity index (χ4n) is 2.69. The number of benzene rings is 1. The van der Waals surface area contributed by atoms with Crippen molar-refractivity contribution in [2.45, 2.75) is 37.9 Å². The van der Waals surface area contributed by atoms with E-state index < -0.39 is 11.9 Å². The molecule has 0 atom stereocenters. The van der Waals surface area contributed by atoms with Crippen molar-refractivity contribution in [1.29, 1.82) is 0 Å². The lowest BCUT2D eigenvalue weighted by Gasteiger charge is -2.11. The summed E-state index contributed by atoms with van der Waals surface area (Å²) in [5, 5.41) is 10.0. The molecular formula is C17H17BrF4N4S. The van der Waals surface area contributed by atoms with Gasteiger partial charge in [0.15, 0.2) is 10.8 Å². The second-order valence-corrected chi connectivity index (χ2v) is 7.49. The van der Waals surface area contributed by atoms with E-state index in [1.165, 1.54) is 16.8 Å². The lowest BCUT2D eigenvalue weighted by atomic mass is 10.2. The highest BCUT2D eigenvalue weighted by molar-refractivity contribution is 9.10. The Morgan fingerprint density at radius 1 is 1.26 bits per heavy atom. The van der Waals surface area contributed by atoms with Gasteiger partial charge in [-0.1, -0.05) is 0 Å². The van der Waals surface area contributed by atoms with Crippen LogP contribution in [0.1, 0.15) is 36.6 Å². The molecule has 1 aliphatic carbocycles. The zero-order chi connectivity index (χ0) is 19.6. The standard InChI is InChI=1S/C17H17BrF4N4S/c18-13-14(10-2-3-10)26(25-15(13)17(20,21)22)9-1-8-23-16(27)24-12-6-4-11(19)5-7-12/h4-7,10H,1-3,8-9H2,(H2,23,24,27). The monoisotopic (exact) mass is 464 g/mol. The number of hydrogen-bond donors (Lipinski definition) is 2. The van der Waals surface area contributed by atoms with Crippen molar-refractivity contribution < 1.29 is 17.6 Å². The Balaban J connectivity index is 1.53. The second-order valence-electron chi connectivity index (χ2n) is 6.28. The third kappa shape index (κ3) is 5.19. The highest BCUT2D eigenvalue weighted by Crippen LogP contribution is 2.46. The maximum atomic E-state index is 13.1. The minimum absolute atomic E-state index is 0.0546. The molecule has 2 N–H and O–H groups in total. The molecule has 1 saturated carbocycles. The first-order chi connectivity index (χ1) is 12.8. The zero-order valence-electron chi connectivity index (χ0n) is 14.1. The van der Waals surface area contributed by atoms with Crippen LogP contribution in [0.5, 0.6) is 0 Å². The van der Waals surface area contributed by atoms with E-state index in [-0.39, 0.29) is 16.2 Å². The number of aryl methyl sites for hydroxylation is 1. The van der Waals surface area contributed by atoms with E-state index in [4.69, 9.17) is 12.2 Å². The molecule has 0 spiro atoms. The van der Waals surface area contributed by atoms with Crippen LogP contribution in [0.15, 0.2) is 28.7 Å². The number of thiocarbonyl (C=S) groups is 1. The number of halogens is 5. The van der Waals surface area contributed by atoms with E-state index in [1.54, 1.807) is 12.1 Å². The number of nitrogens with one attached hydrogen (secondary N) is 2. The lowest BCUT2D eigenvalue weighted by molar-refractivity contribution is -0.142. The summed E-state index contributed by atoms with van der Waals surface area (Å²) in [5.41, 5.74) is 0.399. The van der Waals surface area contributed by atoms with Crippen LogP contribution in [0.2, 0.25) is 0 Å². The third-order valence-corrected chi connectivity index (χ3v) is 5.13. The molecular weight excluding hydrogens is 448 g/mol. The number of anilines is 1. The molecule has 0 unspecified atom stereocenters. The summed E-state index contributed by atoms with van der Waals surface area (Å²) in [6.45, 7) is 0.822. The highest BCUT2D eigenvalue weighted by Gasteiger charge is 2.41. The van der Waals surface area contributed by atoms with E-state index in [2.05, 4.69) is 31.7 Å². The minimum Gasteiger partial charge on any atom is -0.362 e. The molecule has 1 heterocycles. The molecule has 3 rings (SSSR count). The Kier molecular flexibility index (Phi) is 6.05. The molecule has 146 valence electrons. The molecule has 0 amide bonds. The normalized spacial score (nSPS) is 14.3. The van der Waals surface area contributed by atoms with E-state index in [1.807, 2.05) is 0 Å². The molecule has 0 bridgehead atoms. The Hall–Kier alpha value is -1.68. The minimum atomic E-state index is -4.48. The van der Waals surface area contributed by atoms with Gasteiger partial charge in [0.2, 0.25) is 0 Å². The van der Waals surface area contributed by atoms with Crippen LogP contribution in [0.4, 0.5) is 23.2 Å². The highest BCUT2D eigenvalue weighted by atomic mass is 79.9. The fourth-order valence-corrected chi connectivity index (χ4v) is 3.74. The van der Waals surface area contributed by atoms with Crippen molar-refractivity contribution >= 4 is 38.9 Å². The first-order valence-electron chi connectivity index (χ1n) is 8.39. The summed E-state index contributed by atoms with van der Waals surface area (Å²) in [7, 11) is 0. The summed E-state index contributed by atoms with van der Waals surface area (Å²) in [6.07, 6.45) is -2.17. The van der Waals surface area contributed by atoms with E-state index in [9.17, 15) is 17.6 Å². The van der Waals surface area contributed by atoms with Gasteiger partial charge in [-0.3, -0.25) is 4.68 Å². The summed E-state index contributed by atoms with van der Waals surface area (Å²) < 4.78 is 53.6. The van der Waals surface area contributed by atoms with Gasteiger partial charge in [0.05, 0.1) is 10.2 Å². The number of rotatable bonds is 6. The van der Waals surface area contributed by atoms with Gasteiger partial charge in [0.1, 0.15) is 5.82 Å². The van der Waals surface area contributed by atoms with Crippen molar-refractivity contribution in [3.05, 3.63) is 45.9 Å². The van der Waals surface area contributed by atoms with Gasteiger partial charge in [-0.2, -0.15) is 18.3 Å². The summed E-state index contributed by atoms with van der Waals surface area (Å²) >= 11 is 8.23. The molecule has 1 fully saturated rings. The van der Waals surface area contributed by atoms with Crippen LogP contribution in [0.25, 0.3) is 0 Å². The molecule has 1 aromatic heterocycles. The smallest absolute Gasteiger partial charge is 0.362 e.